The normalized spacial score (nSPS) is 16.2. The summed E-state index contributed by atoms with van der Waals surface area (Å²) in [5.41, 5.74) is 0.903. The molecule has 2 rings (SSSR count). The summed E-state index contributed by atoms with van der Waals surface area (Å²) in [7, 11) is 1.55. The molecule has 1 heterocycles. The van der Waals surface area contributed by atoms with E-state index < -0.39 is 12.1 Å². The molecule has 6 heteroatoms. The number of rotatable bonds is 4. The number of nitrogens with zero attached hydrogens (tertiary/aromatic N) is 1. The van der Waals surface area contributed by atoms with Gasteiger partial charge in [0.25, 0.3) is 5.91 Å². The molecule has 0 radical (unpaired) electrons. The summed E-state index contributed by atoms with van der Waals surface area (Å²) in [4.78, 5) is 24.9. The lowest BCUT2D eigenvalue weighted by atomic mass is 10.1. The van der Waals surface area contributed by atoms with Crippen LogP contribution in [0.1, 0.15) is 12.5 Å². The highest BCUT2D eigenvalue weighted by molar-refractivity contribution is 6.30. The van der Waals surface area contributed by atoms with Gasteiger partial charge < -0.3 is 14.4 Å². The third kappa shape index (κ3) is 3.22. The zero-order chi connectivity index (χ0) is 14.7. The molecule has 1 aliphatic rings. The number of likely N-dealkylation sites (N-methyl/N-ethyl adjacent to an activating group) is 1. The van der Waals surface area contributed by atoms with Crippen molar-refractivity contribution in [1.29, 1.82) is 0 Å². The summed E-state index contributed by atoms with van der Waals surface area (Å²) in [5, 5.41) is 0.611. The molecule has 1 aromatic rings. The van der Waals surface area contributed by atoms with Crippen molar-refractivity contribution in [2.24, 2.45) is 0 Å². The molecule has 0 N–H and O–H groups in total. The fraction of sp³-hybridized carbons (Fsp3) is 0.429. The summed E-state index contributed by atoms with van der Waals surface area (Å²) in [6.45, 7) is 1.94. The third-order valence-corrected chi connectivity index (χ3v) is 3.26. The Morgan fingerprint density at radius 3 is 2.95 bits per heavy atom. The molecule has 20 heavy (non-hydrogen) atoms. The maximum Gasteiger partial charge on any atom is 0.325 e. The second-order valence-electron chi connectivity index (χ2n) is 4.56. The number of halogens is 1. The van der Waals surface area contributed by atoms with Crippen LogP contribution in [0.3, 0.4) is 0 Å². The van der Waals surface area contributed by atoms with Gasteiger partial charge in [0.1, 0.15) is 12.3 Å². The molecular weight excluding hydrogens is 282 g/mol. The van der Waals surface area contributed by atoms with Crippen molar-refractivity contribution in [2.75, 3.05) is 20.2 Å². The number of benzene rings is 1. The van der Waals surface area contributed by atoms with E-state index in [9.17, 15) is 9.59 Å². The van der Waals surface area contributed by atoms with Crippen molar-refractivity contribution < 1.29 is 19.1 Å². The van der Waals surface area contributed by atoms with Crippen LogP contribution in [0.5, 0.6) is 5.75 Å². The van der Waals surface area contributed by atoms with Crippen LogP contribution in [0.2, 0.25) is 5.02 Å². The van der Waals surface area contributed by atoms with E-state index in [1.54, 1.807) is 32.2 Å². The number of hydrogen-bond acceptors (Lipinski definition) is 4. The topological polar surface area (TPSA) is 55.8 Å². The van der Waals surface area contributed by atoms with Crippen LogP contribution in [0.25, 0.3) is 0 Å². The summed E-state index contributed by atoms with van der Waals surface area (Å²) < 4.78 is 10.4. The number of carbonyl (C=O) groups excluding carboxylic acids is 2. The van der Waals surface area contributed by atoms with Gasteiger partial charge in [-0.2, -0.15) is 0 Å². The molecule has 1 atom stereocenters. The molecule has 0 fully saturated rings. The monoisotopic (exact) mass is 297 g/mol. The van der Waals surface area contributed by atoms with Crippen molar-refractivity contribution in [3.05, 3.63) is 28.8 Å². The number of esters is 1. The molecular formula is C14H16ClNO4. The van der Waals surface area contributed by atoms with Crippen LogP contribution >= 0.6 is 11.6 Å². The predicted octanol–water partition coefficient (Wildman–Crippen LogP) is 1.66. The van der Waals surface area contributed by atoms with Gasteiger partial charge in [0, 0.05) is 18.5 Å². The Balaban J connectivity index is 1.97. The van der Waals surface area contributed by atoms with E-state index in [-0.39, 0.29) is 12.5 Å². The summed E-state index contributed by atoms with van der Waals surface area (Å²) >= 11 is 5.90. The first kappa shape index (κ1) is 14.7. The molecule has 1 unspecified atom stereocenters. The van der Waals surface area contributed by atoms with Crippen LogP contribution in [0.15, 0.2) is 18.2 Å². The van der Waals surface area contributed by atoms with Crippen molar-refractivity contribution >= 4 is 23.5 Å². The van der Waals surface area contributed by atoms with Gasteiger partial charge in [-0.25, -0.2) is 0 Å². The van der Waals surface area contributed by atoms with Crippen LogP contribution in [-0.4, -0.2) is 43.1 Å². The Bertz CT molecular complexity index is 532. The van der Waals surface area contributed by atoms with E-state index in [0.29, 0.717) is 23.8 Å². The average Bonchev–Trinajstić information content (AvgIpc) is 2.80. The number of amides is 1. The van der Waals surface area contributed by atoms with Gasteiger partial charge in [0.2, 0.25) is 0 Å². The molecule has 0 bridgehead atoms. The van der Waals surface area contributed by atoms with Gasteiger partial charge in [-0.3, -0.25) is 9.59 Å². The second kappa shape index (κ2) is 6.13. The van der Waals surface area contributed by atoms with E-state index >= 15 is 0 Å². The minimum atomic E-state index is -0.608. The standard InChI is InChI=1S/C14H16ClNO4/c1-3-19-13(17)8-16(2)14(18)12-7-9-6-10(15)4-5-11(9)20-12/h4-6,12H,3,7-8H2,1-2H3. The van der Waals surface area contributed by atoms with Gasteiger partial charge in [-0.05, 0) is 30.7 Å². The van der Waals surface area contributed by atoms with Gasteiger partial charge >= 0.3 is 5.97 Å². The first-order valence-corrected chi connectivity index (χ1v) is 6.74. The Morgan fingerprint density at radius 1 is 1.50 bits per heavy atom. The highest BCUT2D eigenvalue weighted by Gasteiger charge is 2.32. The van der Waals surface area contributed by atoms with E-state index in [4.69, 9.17) is 21.1 Å². The van der Waals surface area contributed by atoms with E-state index in [1.165, 1.54) is 4.90 Å². The van der Waals surface area contributed by atoms with E-state index in [1.807, 2.05) is 0 Å². The molecule has 0 aromatic heterocycles. The Labute approximate surface area is 122 Å². The van der Waals surface area contributed by atoms with Crippen LogP contribution in [0, 0.1) is 0 Å². The summed E-state index contributed by atoms with van der Waals surface area (Å²) in [6.07, 6.45) is -0.148. The van der Waals surface area contributed by atoms with Crippen LogP contribution < -0.4 is 4.74 Å². The summed E-state index contributed by atoms with van der Waals surface area (Å²) in [6, 6.07) is 5.25. The van der Waals surface area contributed by atoms with Crippen LogP contribution in [-0.2, 0) is 20.7 Å². The fourth-order valence-electron chi connectivity index (χ4n) is 2.08. The van der Waals surface area contributed by atoms with Gasteiger partial charge in [-0.15, -0.1) is 0 Å². The van der Waals surface area contributed by atoms with Gasteiger partial charge in [-0.1, -0.05) is 11.6 Å². The van der Waals surface area contributed by atoms with Gasteiger partial charge in [0.15, 0.2) is 6.10 Å². The number of fused-ring (bicyclic) bond motifs is 1. The van der Waals surface area contributed by atoms with Crippen LogP contribution in [0.4, 0.5) is 0 Å². The largest absolute Gasteiger partial charge is 0.480 e. The lowest BCUT2D eigenvalue weighted by Gasteiger charge is -2.19. The number of hydrogen-bond donors (Lipinski definition) is 0. The lowest BCUT2D eigenvalue weighted by Crippen LogP contribution is -2.41. The molecule has 0 aliphatic carbocycles. The molecule has 0 spiro atoms. The Morgan fingerprint density at radius 2 is 2.25 bits per heavy atom. The first-order chi connectivity index (χ1) is 9.51. The first-order valence-electron chi connectivity index (χ1n) is 6.37. The maximum atomic E-state index is 12.2. The number of carbonyl (C=O) groups is 2. The van der Waals surface area contributed by atoms with E-state index in [2.05, 4.69) is 0 Å². The zero-order valence-electron chi connectivity index (χ0n) is 11.4. The minimum Gasteiger partial charge on any atom is -0.480 e. The second-order valence-corrected chi connectivity index (χ2v) is 5.00. The number of ether oxygens (including phenoxy) is 2. The average molecular weight is 298 g/mol. The van der Waals surface area contributed by atoms with Crippen molar-refractivity contribution in [1.82, 2.24) is 4.90 Å². The molecule has 108 valence electrons. The molecule has 0 saturated heterocycles. The minimum absolute atomic E-state index is 0.0797. The third-order valence-electron chi connectivity index (χ3n) is 3.02. The van der Waals surface area contributed by atoms with Gasteiger partial charge in [0.05, 0.1) is 6.61 Å². The predicted molar refractivity (Wildman–Crippen MR) is 73.8 cm³/mol. The van der Waals surface area contributed by atoms with Crippen molar-refractivity contribution in [3.63, 3.8) is 0 Å². The van der Waals surface area contributed by atoms with E-state index in [0.717, 1.165) is 5.56 Å². The maximum absolute atomic E-state index is 12.2. The SMILES string of the molecule is CCOC(=O)CN(C)C(=O)C1Cc2cc(Cl)ccc2O1. The van der Waals surface area contributed by atoms with Crippen molar-refractivity contribution in [2.45, 2.75) is 19.4 Å². The Kier molecular flexibility index (Phi) is 4.49. The molecule has 5 nitrogen and oxygen atoms in total. The highest BCUT2D eigenvalue weighted by Crippen LogP contribution is 2.31. The zero-order valence-corrected chi connectivity index (χ0v) is 12.1. The van der Waals surface area contributed by atoms with Crippen molar-refractivity contribution in [3.8, 4) is 5.75 Å². The lowest BCUT2D eigenvalue weighted by molar-refractivity contribution is -0.150. The molecule has 1 aromatic carbocycles. The smallest absolute Gasteiger partial charge is 0.325 e. The molecule has 1 aliphatic heterocycles. The molecule has 0 saturated carbocycles. The Hall–Kier alpha value is -1.75. The molecule has 1 amide bonds. The fourth-order valence-corrected chi connectivity index (χ4v) is 2.27. The quantitative estimate of drug-likeness (QED) is 0.793. The summed E-state index contributed by atoms with van der Waals surface area (Å²) in [5.74, 6) is -0.00966. The highest BCUT2D eigenvalue weighted by atomic mass is 35.5.